The fourth-order valence-electron chi connectivity index (χ4n) is 3.43. The molecule has 4 nitrogen and oxygen atoms in total. The average molecular weight is 369 g/mol. The molecular formula is C24H23N3O. The van der Waals surface area contributed by atoms with Crippen molar-refractivity contribution in [2.45, 2.75) is 19.4 Å². The third-order valence-electron chi connectivity index (χ3n) is 4.85. The van der Waals surface area contributed by atoms with Crippen LogP contribution in [0.5, 0.6) is 0 Å². The van der Waals surface area contributed by atoms with Crippen LogP contribution in [0.25, 0.3) is 22.0 Å². The lowest BCUT2D eigenvalue weighted by Crippen LogP contribution is -2.17. The van der Waals surface area contributed by atoms with Crippen LogP contribution in [0, 0.1) is 0 Å². The minimum absolute atomic E-state index is 0.0645. The van der Waals surface area contributed by atoms with E-state index in [4.69, 9.17) is 0 Å². The van der Waals surface area contributed by atoms with Gasteiger partial charge in [-0.05, 0) is 41.8 Å². The largest absolute Gasteiger partial charge is 0.313 e. The summed E-state index contributed by atoms with van der Waals surface area (Å²) in [7, 11) is 0. The Morgan fingerprint density at radius 2 is 1.61 bits per heavy atom. The molecule has 4 aromatic rings. The van der Waals surface area contributed by atoms with E-state index >= 15 is 0 Å². The molecule has 0 aliphatic carbocycles. The molecule has 140 valence electrons. The summed E-state index contributed by atoms with van der Waals surface area (Å²) >= 11 is 0. The van der Waals surface area contributed by atoms with Crippen LogP contribution in [0.3, 0.4) is 0 Å². The summed E-state index contributed by atoms with van der Waals surface area (Å²) in [5.41, 5.74) is 4.47. The first-order chi connectivity index (χ1) is 13.8. The Morgan fingerprint density at radius 3 is 2.50 bits per heavy atom. The molecule has 0 atom stereocenters. The van der Waals surface area contributed by atoms with Crippen molar-refractivity contribution >= 4 is 10.9 Å². The van der Waals surface area contributed by atoms with E-state index < -0.39 is 0 Å². The van der Waals surface area contributed by atoms with E-state index in [1.54, 1.807) is 6.07 Å². The van der Waals surface area contributed by atoms with E-state index in [1.165, 1.54) is 16.7 Å². The molecule has 0 unspecified atom stereocenters. The molecule has 0 fully saturated rings. The molecule has 0 saturated heterocycles. The van der Waals surface area contributed by atoms with Crippen molar-refractivity contribution in [3.05, 3.63) is 101 Å². The second-order valence-electron chi connectivity index (χ2n) is 6.83. The molecule has 0 aliphatic heterocycles. The van der Waals surface area contributed by atoms with E-state index in [-0.39, 0.29) is 5.56 Å². The highest BCUT2D eigenvalue weighted by molar-refractivity contribution is 5.77. The van der Waals surface area contributed by atoms with E-state index in [0.717, 1.165) is 37.3 Å². The van der Waals surface area contributed by atoms with Crippen molar-refractivity contribution in [1.29, 1.82) is 0 Å². The highest BCUT2D eigenvalue weighted by atomic mass is 16.1. The van der Waals surface area contributed by atoms with Gasteiger partial charge in [-0.15, -0.1) is 0 Å². The molecule has 4 heteroatoms. The van der Waals surface area contributed by atoms with Crippen LogP contribution in [0.4, 0.5) is 0 Å². The number of fused-ring (bicyclic) bond motifs is 1. The van der Waals surface area contributed by atoms with Gasteiger partial charge in [0, 0.05) is 13.0 Å². The Morgan fingerprint density at radius 1 is 0.857 bits per heavy atom. The van der Waals surface area contributed by atoms with Gasteiger partial charge in [0.1, 0.15) is 5.82 Å². The van der Waals surface area contributed by atoms with E-state index in [0.29, 0.717) is 5.39 Å². The Labute approximate surface area is 164 Å². The molecule has 0 amide bonds. The molecular weight excluding hydrogens is 346 g/mol. The fraction of sp³-hybridized carbons (Fsp3) is 0.167. The number of aromatic amines is 1. The van der Waals surface area contributed by atoms with Crippen molar-refractivity contribution < 1.29 is 0 Å². The fourth-order valence-corrected chi connectivity index (χ4v) is 3.43. The zero-order valence-corrected chi connectivity index (χ0v) is 15.7. The Balaban J connectivity index is 1.34. The lowest BCUT2D eigenvalue weighted by Gasteiger charge is -2.11. The number of nitrogens with one attached hydrogen (secondary N) is 2. The van der Waals surface area contributed by atoms with Crippen LogP contribution in [-0.4, -0.2) is 16.5 Å². The van der Waals surface area contributed by atoms with Crippen molar-refractivity contribution in [2.24, 2.45) is 0 Å². The first-order valence-corrected chi connectivity index (χ1v) is 9.63. The number of H-pyrrole nitrogens is 1. The van der Waals surface area contributed by atoms with E-state index in [9.17, 15) is 4.79 Å². The molecule has 0 spiro atoms. The number of aromatic nitrogens is 2. The summed E-state index contributed by atoms with van der Waals surface area (Å²) in [5, 5.41) is 4.15. The third-order valence-corrected chi connectivity index (χ3v) is 4.85. The number of nitrogens with zero attached hydrogens (tertiary/aromatic N) is 1. The van der Waals surface area contributed by atoms with Crippen molar-refractivity contribution in [1.82, 2.24) is 15.3 Å². The molecule has 0 aliphatic rings. The molecule has 0 saturated carbocycles. The van der Waals surface area contributed by atoms with Crippen LogP contribution >= 0.6 is 0 Å². The van der Waals surface area contributed by atoms with E-state index in [2.05, 4.69) is 63.8 Å². The maximum atomic E-state index is 12.1. The van der Waals surface area contributed by atoms with Gasteiger partial charge < -0.3 is 10.3 Å². The predicted octanol–water partition coefficient (Wildman–Crippen LogP) is 4.31. The van der Waals surface area contributed by atoms with Crippen LogP contribution < -0.4 is 10.9 Å². The second-order valence-corrected chi connectivity index (χ2v) is 6.83. The third kappa shape index (κ3) is 4.18. The average Bonchev–Trinajstić information content (AvgIpc) is 2.74. The number of hydrogen-bond donors (Lipinski definition) is 2. The minimum atomic E-state index is -0.0645. The summed E-state index contributed by atoms with van der Waals surface area (Å²) in [6.07, 6.45) is 1.65. The highest BCUT2D eigenvalue weighted by Crippen LogP contribution is 2.23. The predicted molar refractivity (Wildman–Crippen MR) is 114 cm³/mol. The zero-order valence-electron chi connectivity index (χ0n) is 15.7. The van der Waals surface area contributed by atoms with Gasteiger partial charge in [0.2, 0.25) is 0 Å². The van der Waals surface area contributed by atoms with Crippen LogP contribution in [-0.2, 0) is 13.0 Å². The summed E-state index contributed by atoms with van der Waals surface area (Å²) < 4.78 is 0. The molecule has 1 aromatic heterocycles. The van der Waals surface area contributed by atoms with Gasteiger partial charge in [-0.25, -0.2) is 4.98 Å². The smallest absolute Gasteiger partial charge is 0.258 e. The standard InChI is InChI=1S/C24H23N3O/c28-24-21-13-6-7-14-22(21)26-23(27-24)15-8-16-25-17-19-11-4-5-12-20(19)18-9-2-1-3-10-18/h1-7,9-14,25H,8,15-17H2,(H,26,27,28). The second kappa shape index (κ2) is 8.63. The Hall–Kier alpha value is -3.24. The molecule has 0 bridgehead atoms. The van der Waals surface area contributed by atoms with Gasteiger partial charge >= 0.3 is 0 Å². The Bertz CT molecular complexity index is 1120. The summed E-state index contributed by atoms with van der Waals surface area (Å²) in [6.45, 7) is 1.67. The lowest BCUT2D eigenvalue weighted by atomic mass is 10.00. The Kier molecular flexibility index (Phi) is 5.59. The lowest BCUT2D eigenvalue weighted by molar-refractivity contribution is 0.639. The SMILES string of the molecule is O=c1[nH]c(CCCNCc2ccccc2-c2ccccc2)nc2ccccc12. The number of rotatable bonds is 7. The molecule has 4 rings (SSSR count). The van der Waals surface area contributed by atoms with E-state index in [1.807, 2.05) is 24.3 Å². The van der Waals surface area contributed by atoms with Gasteiger partial charge in [0.15, 0.2) is 0 Å². The number of benzene rings is 3. The number of aryl methyl sites for hydroxylation is 1. The van der Waals surface area contributed by atoms with Gasteiger partial charge in [-0.2, -0.15) is 0 Å². The molecule has 28 heavy (non-hydrogen) atoms. The first kappa shape index (κ1) is 18.1. The summed E-state index contributed by atoms with van der Waals surface area (Å²) in [4.78, 5) is 19.6. The summed E-state index contributed by atoms with van der Waals surface area (Å²) in [6, 6.07) is 26.4. The van der Waals surface area contributed by atoms with Gasteiger partial charge in [0.05, 0.1) is 10.9 Å². The summed E-state index contributed by atoms with van der Waals surface area (Å²) in [5.74, 6) is 0.746. The molecule has 2 N–H and O–H groups in total. The van der Waals surface area contributed by atoms with Crippen molar-refractivity contribution in [3.63, 3.8) is 0 Å². The zero-order chi connectivity index (χ0) is 19.2. The minimum Gasteiger partial charge on any atom is -0.313 e. The molecule has 3 aromatic carbocycles. The normalized spacial score (nSPS) is 11.0. The van der Waals surface area contributed by atoms with Crippen LogP contribution in [0.2, 0.25) is 0 Å². The first-order valence-electron chi connectivity index (χ1n) is 9.63. The maximum absolute atomic E-state index is 12.1. The van der Waals surface area contributed by atoms with Gasteiger partial charge in [-0.1, -0.05) is 66.7 Å². The topological polar surface area (TPSA) is 57.8 Å². The highest BCUT2D eigenvalue weighted by Gasteiger charge is 2.05. The van der Waals surface area contributed by atoms with Crippen molar-refractivity contribution in [2.75, 3.05) is 6.54 Å². The molecule has 1 heterocycles. The quantitative estimate of drug-likeness (QED) is 0.477. The van der Waals surface area contributed by atoms with Crippen LogP contribution in [0.15, 0.2) is 83.7 Å². The van der Waals surface area contributed by atoms with Gasteiger partial charge in [0.25, 0.3) is 5.56 Å². The maximum Gasteiger partial charge on any atom is 0.258 e. The number of hydrogen-bond acceptors (Lipinski definition) is 3. The number of para-hydroxylation sites is 1. The molecule has 0 radical (unpaired) electrons. The van der Waals surface area contributed by atoms with Gasteiger partial charge in [-0.3, -0.25) is 4.79 Å². The monoisotopic (exact) mass is 369 g/mol. The van der Waals surface area contributed by atoms with Crippen LogP contribution in [0.1, 0.15) is 17.8 Å². The van der Waals surface area contributed by atoms with Crippen molar-refractivity contribution in [3.8, 4) is 11.1 Å².